The van der Waals surface area contributed by atoms with Crippen LogP contribution >= 0.6 is 0 Å². The largest absolute Gasteiger partial charge is 0.396 e. The van der Waals surface area contributed by atoms with Gasteiger partial charge in [-0.05, 0) is 12.3 Å². The van der Waals surface area contributed by atoms with Crippen LogP contribution in [0.4, 0.5) is 0 Å². The molecular formula is C8H19NO2. The van der Waals surface area contributed by atoms with Gasteiger partial charge in [0, 0.05) is 5.41 Å². The Morgan fingerprint density at radius 3 is 2.36 bits per heavy atom. The molecule has 0 bridgehead atoms. The number of aliphatic hydroxyl groups excluding tert-OH is 1. The molecule has 0 aromatic heterocycles. The Balaban J connectivity index is 3.87. The van der Waals surface area contributed by atoms with E-state index in [0.29, 0.717) is 12.5 Å². The molecular weight excluding hydrogens is 142 g/mol. The van der Waals surface area contributed by atoms with E-state index in [4.69, 9.17) is 11.0 Å². The highest BCUT2D eigenvalue weighted by Crippen LogP contribution is 2.24. The van der Waals surface area contributed by atoms with E-state index in [0.717, 1.165) is 6.42 Å². The SMILES string of the molecule is CC(C)CC(C)(CO)CON. The molecule has 1 atom stereocenters. The molecule has 0 aliphatic carbocycles. The van der Waals surface area contributed by atoms with Crippen molar-refractivity contribution in [3.8, 4) is 0 Å². The Bertz CT molecular complexity index is 106. The molecule has 11 heavy (non-hydrogen) atoms. The van der Waals surface area contributed by atoms with Crippen molar-refractivity contribution in [3.63, 3.8) is 0 Å². The molecule has 0 aliphatic heterocycles. The maximum atomic E-state index is 9.03. The second kappa shape index (κ2) is 4.70. The van der Waals surface area contributed by atoms with Gasteiger partial charge in [-0.15, -0.1) is 0 Å². The zero-order valence-electron chi connectivity index (χ0n) is 7.63. The zero-order valence-corrected chi connectivity index (χ0v) is 7.63. The monoisotopic (exact) mass is 161 g/mol. The summed E-state index contributed by atoms with van der Waals surface area (Å²) >= 11 is 0. The Morgan fingerprint density at radius 1 is 1.55 bits per heavy atom. The highest BCUT2D eigenvalue weighted by Gasteiger charge is 2.24. The molecule has 0 fully saturated rings. The lowest BCUT2D eigenvalue weighted by atomic mass is 9.84. The normalized spacial score (nSPS) is 16.9. The van der Waals surface area contributed by atoms with E-state index in [2.05, 4.69) is 18.7 Å². The van der Waals surface area contributed by atoms with E-state index in [9.17, 15) is 0 Å². The summed E-state index contributed by atoms with van der Waals surface area (Å²) in [7, 11) is 0. The lowest BCUT2D eigenvalue weighted by Crippen LogP contribution is -2.30. The maximum Gasteiger partial charge on any atom is 0.0754 e. The van der Waals surface area contributed by atoms with Crippen LogP contribution in [0.25, 0.3) is 0 Å². The van der Waals surface area contributed by atoms with Gasteiger partial charge >= 0.3 is 0 Å². The first-order valence-electron chi connectivity index (χ1n) is 3.96. The third-order valence-electron chi connectivity index (χ3n) is 1.71. The summed E-state index contributed by atoms with van der Waals surface area (Å²) in [6.45, 7) is 6.75. The number of hydrogen-bond acceptors (Lipinski definition) is 3. The van der Waals surface area contributed by atoms with Gasteiger partial charge < -0.3 is 9.94 Å². The Hall–Kier alpha value is -0.120. The lowest BCUT2D eigenvalue weighted by Gasteiger charge is -2.27. The summed E-state index contributed by atoms with van der Waals surface area (Å²) in [5.74, 6) is 5.51. The minimum atomic E-state index is -0.178. The van der Waals surface area contributed by atoms with Crippen LogP contribution in [0.15, 0.2) is 0 Å². The summed E-state index contributed by atoms with van der Waals surface area (Å²) in [6.07, 6.45) is 0.931. The number of hydrogen-bond donors (Lipinski definition) is 2. The molecule has 0 radical (unpaired) electrons. The Kier molecular flexibility index (Phi) is 4.65. The minimum absolute atomic E-state index is 0.127. The molecule has 0 rings (SSSR count). The summed E-state index contributed by atoms with van der Waals surface area (Å²) in [6, 6.07) is 0. The van der Waals surface area contributed by atoms with Crippen molar-refractivity contribution in [2.45, 2.75) is 27.2 Å². The van der Waals surface area contributed by atoms with Gasteiger partial charge in [-0.1, -0.05) is 20.8 Å². The Morgan fingerprint density at radius 2 is 2.09 bits per heavy atom. The molecule has 68 valence electrons. The molecule has 0 aromatic rings. The van der Waals surface area contributed by atoms with Crippen LogP contribution in [0.2, 0.25) is 0 Å². The first-order valence-corrected chi connectivity index (χ1v) is 3.96. The molecule has 0 saturated carbocycles. The molecule has 0 aromatic carbocycles. The van der Waals surface area contributed by atoms with Crippen molar-refractivity contribution in [1.82, 2.24) is 0 Å². The fourth-order valence-electron chi connectivity index (χ4n) is 1.36. The molecule has 0 amide bonds. The third-order valence-corrected chi connectivity index (χ3v) is 1.71. The third kappa shape index (κ3) is 4.35. The van der Waals surface area contributed by atoms with Gasteiger partial charge in [-0.2, -0.15) is 0 Å². The van der Waals surface area contributed by atoms with Gasteiger partial charge in [0.15, 0.2) is 0 Å². The van der Waals surface area contributed by atoms with Gasteiger partial charge in [0.25, 0.3) is 0 Å². The average Bonchev–Trinajstić information content (AvgIpc) is 1.87. The first-order chi connectivity index (χ1) is 5.04. The number of rotatable bonds is 5. The topological polar surface area (TPSA) is 55.5 Å². The predicted molar refractivity (Wildman–Crippen MR) is 44.8 cm³/mol. The quantitative estimate of drug-likeness (QED) is 0.589. The summed E-state index contributed by atoms with van der Waals surface area (Å²) in [4.78, 5) is 4.54. The highest BCUT2D eigenvalue weighted by atomic mass is 16.6. The van der Waals surface area contributed by atoms with Crippen LogP contribution in [0.3, 0.4) is 0 Å². The van der Waals surface area contributed by atoms with Crippen molar-refractivity contribution in [2.24, 2.45) is 17.2 Å². The van der Waals surface area contributed by atoms with Crippen LogP contribution in [0, 0.1) is 11.3 Å². The second-order valence-corrected chi connectivity index (χ2v) is 3.88. The van der Waals surface area contributed by atoms with Gasteiger partial charge in [-0.25, -0.2) is 5.90 Å². The molecule has 0 spiro atoms. The van der Waals surface area contributed by atoms with E-state index in [1.807, 2.05) is 6.92 Å². The summed E-state index contributed by atoms with van der Waals surface area (Å²) in [5.41, 5.74) is -0.178. The molecule has 1 unspecified atom stereocenters. The van der Waals surface area contributed by atoms with E-state index in [1.54, 1.807) is 0 Å². The Labute approximate surface area is 68.5 Å². The first kappa shape index (κ1) is 10.9. The zero-order chi connectivity index (χ0) is 8.91. The van der Waals surface area contributed by atoms with E-state index >= 15 is 0 Å². The van der Waals surface area contributed by atoms with Gasteiger partial charge in [0.1, 0.15) is 0 Å². The fraction of sp³-hybridized carbons (Fsp3) is 1.00. The summed E-state index contributed by atoms with van der Waals surface area (Å²) in [5, 5.41) is 9.03. The van der Waals surface area contributed by atoms with Crippen LogP contribution in [0.1, 0.15) is 27.2 Å². The fourth-order valence-corrected chi connectivity index (χ4v) is 1.36. The van der Waals surface area contributed by atoms with Crippen LogP contribution in [0.5, 0.6) is 0 Å². The minimum Gasteiger partial charge on any atom is -0.396 e. The van der Waals surface area contributed by atoms with Crippen molar-refractivity contribution in [2.75, 3.05) is 13.2 Å². The van der Waals surface area contributed by atoms with Crippen LogP contribution < -0.4 is 5.90 Å². The smallest absolute Gasteiger partial charge is 0.0754 e. The summed E-state index contributed by atoms with van der Waals surface area (Å²) < 4.78 is 0. The average molecular weight is 161 g/mol. The molecule has 0 heterocycles. The standard InChI is InChI=1S/C8H19NO2/c1-7(2)4-8(3,5-10)6-11-9/h7,10H,4-6,9H2,1-3H3. The molecule has 0 saturated heterocycles. The van der Waals surface area contributed by atoms with Gasteiger partial charge in [0.2, 0.25) is 0 Å². The van der Waals surface area contributed by atoms with Crippen molar-refractivity contribution in [1.29, 1.82) is 0 Å². The van der Waals surface area contributed by atoms with Crippen molar-refractivity contribution < 1.29 is 9.94 Å². The van der Waals surface area contributed by atoms with Crippen LogP contribution in [-0.2, 0) is 4.84 Å². The molecule has 3 nitrogen and oxygen atoms in total. The van der Waals surface area contributed by atoms with E-state index in [1.165, 1.54) is 0 Å². The van der Waals surface area contributed by atoms with Gasteiger partial charge in [0.05, 0.1) is 13.2 Å². The van der Waals surface area contributed by atoms with Crippen LogP contribution in [-0.4, -0.2) is 18.3 Å². The van der Waals surface area contributed by atoms with Crippen molar-refractivity contribution in [3.05, 3.63) is 0 Å². The van der Waals surface area contributed by atoms with E-state index in [-0.39, 0.29) is 12.0 Å². The molecule has 3 heteroatoms. The van der Waals surface area contributed by atoms with E-state index < -0.39 is 0 Å². The lowest BCUT2D eigenvalue weighted by molar-refractivity contribution is 0.00457. The number of nitrogens with two attached hydrogens (primary N) is 1. The highest BCUT2D eigenvalue weighted by molar-refractivity contribution is 4.73. The molecule has 0 aliphatic rings. The van der Waals surface area contributed by atoms with Gasteiger partial charge in [-0.3, -0.25) is 0 Å². The number of aliphatic hydroxyl groups is 1. The maximum absolute atomic E-state index is 9.03. The van der Waals surface area contributed by atoms with Crippen molar-refractivity contribution >= 4 is 0 Å². The predicted octanol–water partition coefficient (Wildman–Crippen LogP) is 0.921. The second-order valence-electron chi connectivity index (χ2n) is 3.88. The molecule has 3 N–H and O–H groups in total.